The fourth-order valence-electron chi connectivity index (χ4n) is 1.07. The van der Waals surface area contributed by atoms with E-state index in [9.17, 15) is 0 Å². The summed E-state index contributed by atoms with van der Waals surface area (Å²) >= 11 is 6.60. The highest BCUT2D eigenvalue weighted by atomic mass is 79.9. The summed E-state index contributed by atoms with van der Waals surface area (Å²) in [7, 11) is 3.24. The van der Waals surface area contributed by atoms with Gasteiger partial charge in [0.15, 0.2) is 11.5 Å². The van der Waals surface area contributed by atoms with Gasteiger partial charge in [0.25, 0.3) is 0 Å². The molecule has 1 rings (SSSR count). The molecule has 0 spiro atoms. The third-order valence-electron chi connectivity index (χ3n) is 1.68. The van der Waals surface area contributed by atoms with E-state index in [1.807, 2.05) is 24.3 Å². The molecule has 2 nitrogen and oxygen atoms in total. The SMILES string of the molecule is COc1ccc(C=C(Br)Br)cc1OC. The fraction of sp³-hybridized carbons (Fsp3) is 0.200. The molecule has 4 heteroatoms. The summed E-state index contributed by atoms with van der Waals surface area (Å²) in [5.74, 6) is 1.46. The number of rotatable bonds is 3. The van der Waals surface area contributed by atoms with Crippen molar-refractivity contribution in [2.24, 2.45) is 0 Å². The van der Waals surface area contributed by atoms with Gasteiger partial charge in [0, 0.05) is 0 Å². The van der Waals surface area contributed by atoms with E-state index in [0.29, 0.717) is 0 Å². The summed E-state index contributed by atoms with van der Waals surface area (Å²) < 4.78 is 11.2. The molecule has 1 aromatic carbocycles. The van der Waals surface area contributed by atoms with Crippen LogP contribution in [0.3, 0.4) is 0 Å². The molecule has 0 amide bonds. The lowest BCUT2D eigenvalue weighted by atomic mass is 10.2. The van der Waals surface area contributed by atoms with Crippen molar-refractivity contribution in [2.45, 2.75) is 0 Å². The van der Waals surface area contributed by atoms with Crippen LogP contribution in [-0.4, -0.2) is 14.2 Å². The Balaban J connectivity index is 3.07. The lowest BCUT2D eigenvalue weighted by Crippen LogP contribution is -1.90. The lowest BCUT2D eigenvalue weighted by molar-refractivity contribution is 0.355. The minimum absolute atomic E-state index is 0.725. The second kappa shape index (κ2) is 5.41. The first-order chi connectivity index (χ1) is 6.67. The molecule has 0 radical (unpaired) electrons. The van der Waals surface area contributed by atoms with Crippen LogP contribution in [-0.2, 0) is 0 Å². The molecule has 0 N–H and O–H groups in total. The maximum absolute atomic E-state index is 5.17. The average molecular weight is 322 g/mol. The molecule has 0 saturated heterocycles. The smallest absolute Gasteiger partial charge is 0.161 e. The summed E-state index contributed by atoms with van der Waals surface area (Å²) in [6.45, 7) is 0. The van der Waals surface area contributed by atoms with E-state index in [-0.39, 0.29) is 0 Å². The Labute approximate surface area is 100 Å². The zero-order chi connectivity index (χ0) is 10.6. The third-order valence-corrected chi connectivity index (χ3v) is 2.14. The Morgan fingerprint density at radius 3 is 2.29 bits per heavy atom. The van der Waals surface area contributed by atoms with Gasteiger partial charge < -0.3 is 9.47 Å². The van der Waals surface area contributed by atoms with E-state index in [2.05, 4.69) is 31.9 Å². The van der Waals surface area contributed by atoms with Crippen molar-refractivity contribution in [3.05, 3.63) is 27.2 Å². The van der Waals surface area contributed by atoms with Crippen LogP contribution in [0.2, 0.25) is 0 Å². The monoisotopic (exact) mass is 320 g/mol. The van der Waals surface area contributed by atoms with Crippen LogP contribution in [0.15, 0.2) is 21.6 Å². The van der Waals surface area contributed by atoms with E-state index >= 15 is 0 Å². The van der Waals surface area contributed by atoms with Gasteiger partial charge in [-0.2, -0.15) is 0 Å². The molecule has 76 valence electrons. The van der Waals surface area contributed by atoms with Crippen LogP contribution in [0, 0.1) is 0 Å². The average Bonchev–Trinajstić information content (AvgIpc) is 2.16. The molecule has 1 aromatic rings. The van der Waals surface area contributed by atoms with Crippen molar-refractivity contribution in [1.29, 1.82) is 0 Å². The minimum atomic E-state index is 0.725. The Morgan fingerprint density at radius 2 is 1.79 bits per heavy atom. The first-order valence-corrected chi connectivity index (χ1v) is 5.50. The van der Waals surface area contributed by atoms with Crippen molar-refractivity contribution in [1.82, 2.24) is 0 Å². The molecule has 0 aliphatic carbocycles. The van der Waals surface area contributed by atoms with Crippen molar-refractivity contribution in [2.75, 3.05) is 14.2 Å². The predicted octanol–water partition coefficient (Wildman–Crippen LogP) is 3.79. The first-order valence-electron chi connectivity index (χ1n) is 3.92. The maximum Gasteiger partial charge on any atom is 0.161 e. The summed E-state index contributed by atoms with van der Waals surface area (Å²) in [5, 5.41) is 0. The van der Waals surface area contributed by atoms with Gasteiger partial charge in [0.05, 0.1) is 17.6 Å². The zero-order valence-electron chi connectivity index (χ0n) is 7.88. The first kappa shape index (κ1) is 11.6. The fourth-order valence-corrected chi connectivity index (χ4v) is 1.60. The summed E-state index contributed by atoms with van der Waals surface area (Å²) in [4.78, 5) is 0. The second-order valence-corrected chi connectivity index (χ2v) is 5.32. The molecule has 0 aliphatic rings. The predicted molar refractivity (Wildman–Crippen MR) is 65.4 cm³/mol. The molecule has 0 fully saturated rings. The molecule has 0 aromatic heterocycles. The van der Waals surface area contributed by atoms with Crippen LogP contribution in [0.5, 0.6) is 11.5 Å². The summed E-state index contributed by atoms with van der Waals surface area (Å²) in [5.41, 5.74) is 1.03. The summed E-state index contributed by atoms with van der Waals surface area (Å²) in [6, 6.07) is 5.72. The number of hydrogen-bond acceptors (Lipinski definition) is 2. The quantitative estimate of drug-likeness (QED) is 0.843. The van der Waals surface area contributed by atoms with Gasteiger partial charge in [-0.15, -0.1) is 0 Å². The van der Waals surface area contributed by atoms with Gasteiger partial charge in [-0.05, 0) is 55.6 Å². The highest BCUT2D eigenvalue weighted by molar-refractivity contribution is 9.28. The van der Waals surface area contributed by atoms with Crippen LogP contribution in [0.25, 0.3) is 6.08 Å². The van der Waals surface area contributed by atoms with E-state index in [1.165, 1.54) is 0 Å². The Morgan fingerprint density at radius 1 is 1.14 bits per heavy atom. The third kappa shape index (κ3) is 3.03. The van der Waals surface area contributed by atoms with Gasteiger partial charge in [-0.25, -0.2) is 0 Å². The number of halogens is 2. The largest absolute Gasteiger partial charge is 0.493 e. The summed E-state index contributed by atoms with van der Waals surface area (Å²) in [6.07, 6.45) is 1.93. The van der Waals surface area contributed by atoms with Gasteiger partial charge >= 0.3 is 0 Å². The van der Waals surface area contributed by atoms with Crippen molar-refractivity contribution >= 4 is 37.9 Å². The molecule has 0 aliphatic heterocycles. The minimum Gasteiger partial charge on any atom is -0.493 e. The van der Waals surface area contributed by atoms with E-state index in [1.54, 1.807) is 14.2 Å². The Hall–Kier alpha value is -0.480. The van der Waals surface area contributed by atoms with Crippen molar-refractivity contribution in [3.63, 3.8) is 0 Å². The van der Waals surface area contributed by atoms with E-state index < -0.39 is 0 Å². The molecule has 0 unspecified atom stereocenters. The van der Waals surface area contributed by atoms with E-state index in [4.69, 9.17) is 9.47 Å². The molecule has 0 atom stereocenters. The van der Waals surface area contributed by atoms with Crippen molar-refractivity contribution < 1.29 is 9.47 Å². The molecule has 14 heavy (non-hydrogen) atoms. The van der Waals surface area contributed by atoms with Gasteiger partial charge in [-0.3, -0.25) is 0 Å². The van der Waals surface area contributed by atoms with Crippen LogP contribution < -0.4 is 9.47 Å². The van der Waals surface area contributed by atoms with Gasteiger partial charge in [0.2, 0.25) is 0 Å². The highest BCUT2D eigenvalue weighted by Gasteiger charge is 2.02. The molecular weight excluding hydrogens is 312 g/mol. The van der Waals surface area contributed by atoms with Gasteiger partial charge in [0.1, 0.15) is 0 Å². The van der Waals surface area contributed by atoms with Crippen LogP contribution in [0.4, 0.5) is 0 Å². The Bertz CT molecular complexity index is 344. The number of hydrogen-bond donors (Lipinski definition) is 0. The number of benzene rings is 1. The topological polar surface area (TPSA) is 18.5 Å². The van der Waals surface area contributed by atoms with Crippen molar-refractivity contribution in [3.8, 4) is 11.5 Å². The molecule has 0 saturated carbocycles. The standard InChI is InChI=1S/C10H10Br2O2/c1-13-8-4-3-7(6-10(11)12)5-9(8)14-2/h3-6H,1-2H3. The molecule has 0 bridgehead atoms. The second-order valence-electron chi connectivity index (χ2n) is 2.55. The normalized spacial score (nSPS) is 9.43. The van der Waals surface area contributed by atoms with Crippen LogP contribution in [0.1, 0.15) is 5.56 Å². The number of ether oxygens (including phenoxy) is 2. The zero-order valence-corrected chi connectivity index (χ0v) is 11.1. The Kier molecular flexibility index (Phi) is 4.48. The maximum atomic E-state index is 5.17. The van der Waals surface area contributed by atoms with E-state index in [0.717, 1.165) is 20.5 Å². The lowest BCUT2D eigenvalue weighted by Gasteiger charge is -2.07. The highest BCUT2D eigenvalue weighted by Crippen LogP contribution is 2.29. The molecular formula is C10H10Br2O2. The van der Waals surface area contributed by atoms with Gasteiger partial charge in [-0.1, -0.05) is 6.07 Å². The van der Waals surface area contributed by atoms with Crippen LogP contribution >= 0.6 is 31.9 Å². The molecule has 0 heterocycles. The number of methoxy groups -OCH3 is 2.